The summed E-state index contributed by atoms with van der Waals surface area (Å²) in [6.07, 6.45) is 1.84. The number of hydrogen-bond acceptors (Lipinski definition) is 6. The van der Waals surface area contributed by atoms with E-state index in [1.807, 2.05) is 45.9 Å². The van der Waals surface area contributed by atoms with Crippen LogP contribution in [-0.4, -0.2) is 65.1 Å². The molecule has 3 rings (SSSR count). The van der Waals surface area contributed by atoms with Gasteiger partial charge in [0.2, 0.25) is 0 Å². The molecule has 0 spiro atoms. The third-order valence-corrected chi connectivity index (χ3v) is 5.48. The van der Waals surface area contributed by atoms with Gasteiger partial charge in [-0.1, -0.05) is 6.92 Å². The van der Waals surface area contributed by atoms with Crippen molar-refractivity contribution < 1.29 is 23.8 Å². The zero-order valence-electron chi connectivity index (χ0n) is 19.3. The molecule has 0 saturated carbocycles. The third-order valence-electron chi connectivity index (χ3n) is 5.48. The van der Waals surface area contributed by atoms with Crippen LogP contribution in [0.2, 0.25) is 0 Å². The molecule has 8 heteroatoms. The van der Waals surface area contributed by atoms with Gasteiger partial charge in [0.25, 0.3) is 6.01 Å². The Labute approximate surface area is 184 Å². The normalized spacial score (nSPS) is 16.5. The van der Waals surface area contributed by atoms with E-state index in [1.54, 1.807) is 0 Å². The molecule has 1 fully saturated rings. The van der Waals surface area contributed by atoms with Crippen molar-refractivity contribution in [3.8, 4) is 5.75 Å². The first-order valence-electron chi connectivity index (χ1n) is 11.1. The van der Waals surface area contributed by atoms with Crippen LogP contribution in [0.4, 0.5) is 10.8 Å². The van der Waals surface area contributed by atoms with Crippen molar-refractivity contribution >= 4 is 23.2 Å². The molecule has 1 saturated heterocycles. The zero-order chi connectivity index (χ0) is 22.6. The average Bonchev–Trinajstić information content (AvgIpc) is 3.13. The second-order valence-corrected chi connectivity index (χ2v) is 9.17. The fraction of sp³-hybridized carbons (Fsp3) is 0.652. The lowest BCUT2D eigenvalue weighted by atomic mass is 10.0. The molecule has 0 bridgehead atoms. The lowest BCUT2D eigenvalue weighted by Gasteiger charge is -2.39. The Hall–Kier alpha value is -2.48. The van der Waals surface area contributed by atoms with Crippen molar-refractivity contribution in [2.75, 3.05) is 31.2 Å². The van der Waals surface area contributed by atoms with E-state index in [0.29, 0.717) is 19.2 Å². The summed E-state index contributed by atoms with van der Waals surface area (Å²) in [4.78, 5) is 19.9. The van der Waals surface area contributed by atoms with Gasteiger partial charge in [0.1, 0.15) is 11.3 Å². The van der Waals surface area contributed by atoms with Crippen molar-refractivity contribution in [1.29, 1.82) is 0 Å². The first kappa shape index (κ1) is 23.2. The van der Waals surface area contributed by atoms with E-state index in [4.69, 9.17) is 13.9 Å². The van der Waals surface area contributed by atoms with E-state index in [0.717, 1.165) is 49.2 Å². The fourth-order valence-corrected chi connectivity index (χ4v) is 4.04. The number of hydrogen-bond donors (Lipinski definition) is 1. The Kier molecular flexibility index (Phi) is 7.30. The molecule has 31 heavy (non-hydrogen) atoms. The van der Waals surface area contributed by atoms with Gasteiger partial charge >= 0.3 is 6.09 Å². The summed E-state index contributed by atoms with van der Waals surface area (Å²) in [5.41, 5.74) is 1.08. The summed E-state index contributed by atoms with van der Waals surface area (Å²) >= 11 is 0. The first-order chi connectivity index (χ1) is 14.7. The van der Waals surface area contributed by atoms with E-state index >= 15 is 0 Å². The molecule has 172 valence electrons. The minimum Gasteiger partial charge on any atom is -0.494 e. The van der Waals surface area contributed by atoms with Crippen LogP contribution in [-0.2, 0) is 4.74 Å². The van der Waals surface area contributed by atoms with Gasteiger partial charge in [0, 0.05) is 24.7 Å². The summed E-state index contributed by atoms with van der Waals surface area (Å²) < 4.78 is 17.7. The van der Waals surface area contributed by atoms with E-state index in [-0.39, 0.29) is 12.1 Å². The molecule has 1 aromatic heterocycles. The number of piperidine rings is 1. The number of fused-ring (bicyclic) bond motifs is 1. The van der Waals surface area contributed by atoms with Gasteiger partial charge in [0.15, 0.2) is 5.58 Å². The maximum atomic E-state index is 11.6. The van der Waals surface area contributed by atoms with E-state index in [2.05, 4.69) is 16.8 Å². The van der Waals surface area contributed by atoms with Gasteiger partial charge in [-0.15, -0.1) is 0 Å². The van der Waals surface area contributed by atoms with E-state index < -0.39 is 11.6 Å². The quantitative estimate of drug-likeness (QED) is 0.641. The van der Waals surface area contributed by atoms with Gasteiger partial charge in [-0.3, -0.25) is 4.90 Å². The number of nitrogens with zero attached hydrogens (tertiary/aromatic N) is 3. The van der Waals surface area contributed by atoms with Gasteiger partial charge in [-0.05, 0) is 59.1 Å². The topological polar surface area (TPSA) is 88.3 Å². The second kappa shape index (κ2) is 9.77. The summed E-state index contributed by atoms with van der Waals surface area (Å²) in [5.74, 6) is 0.807. The molecule has 2 heterocycles. The predicted octanol–water partition coefficient (Wildman–Crippen LogP) is 4.77. The number of rotatable bonds is 8. The second-order valence-electron chi connectivity index (χ2n) is 9.17. The van der Waals surface area contributed by atoms with Crippen LogP contribution in [0, 0.1) is 0 Å². The number of amides is 1. The van der Waals surface area contributed by atoms with Crippen molar-refractivity contribution in [1.82, 2.24) is 9.88 Å². The molecule has 0 radical (unpaired) electrons. The Bertz CT molecular complexity index is 868. The highest BCUT2D eigenvalue weighted by Gasteiger charge is 2.32. The molecule has 1 atom stereocenters. The number of aromatic nitrogens is 1. The molecule has 1 amide bonds. The monoisotopic (exact) mass is 433 g/mol. The van der Waals surface area contributed by atoms with Crippen molar-refractivity contribution in [2.24, 2.45) is 0 Å². The van der Waals surface area contributed by atoms with E-state index in [1.165, 1.54) is 4.90 Å². The molecule has 1 aromatic carbocycles. The lowest BCUT2D eigenvalue weighted by molar-refractivity contribution is -0.0142. The highest BCUT2D eigenvalue weighted by Crippen LogP contribution is 2.28. The Balaban J connectivity index is 1.53. The van der Waals surface area contributed by atoms with Crippen LogP contribution in [0.5, 0.6) is 5.75 Å². The molecule has 1 aliphatic rings. The minimum atomic E-state index is -0.919. The van der Waals surface area contributed by atoms with Crippen LogP contribution in [0.1, 0.15) is 53.9 Å². The van der Waals surface area contributed by atoms with Crippen LogP contribution >= 0.6 is 0 Å². The molecule has 0 unspecified atom stereocenters. The highest BCUT2D eigenvalue weighted by molar-refractivity contribution is 5.76. The van der Waals surface area contributed by atoms with Gasteiger partial charge < -0.3 is 23.9 Å². The summed E-state index contributed by atoms with van der Waals surface area (Å²) in [6.45, 7) is 12.3. The maximum absolute atomic E-state index is 11.6. The van der Waals surface area contributed by atoms with Crippen LogP contribution in [0.25, 0.3) is 11.1 Å². The number of anilines is 1. The summed E-state index contributed by atoms with van der Waals surface area (Å²) in [7, 11) is 0. The molecular weight excluding hydrogens is 398 g/mol. The number of carbonyl (C=O) groups is 1. The summed E-state index contributed by atoms with van der Waals surface area (Å²) in [6, 6.07) is 6.14. The lowest BCUT2D eigenvalue weighted by Crippen LogP contribution is -2.52. The Morgan fingerprint density at radius 2 is 2.06 bits per heavy atom. The molecule has 1 aliphatic heterocycles. The number of oxazole rings is 1. The molecular formula is C23H35N3O5. The standard InChI is InChI=1S/C23H35N3O5/c1-6-13-29-18-7-8-20-19(14-18)24-21(31-20)25-11-9-17(10-12-25)30-15-16(2)26(22(27)28)23(3,4)5/h7-8,14,16-17H,6,9-13,15H2,1-5H3,(H,27,28)/t16-/m0/s1. The van der Waals surface area contributed by atoms with Crippen LogP contribution in [0.3, 0.4) is 0 Å². The number of carboxylic acid groups (broad SMARTS) is 1. The molecule has 8 nitrogen and oxygen atoms in total. The number of benzene rings is 1. The fourth-order valence-electron chi connectivity index (χ4n) is 4.04. The zero-order valence-corrected chi connectivity index (χ0v) is 19.3. The summed E-state index contributed by atoms with van der Waals surface area (Å²) in [5, 5.41) is 9.54. The molecule has 1 N–H and O–H groups in total. The predicted molar refractivity (Wildman–Crippen MR) is 120 cm³/mol. The van der Waals surface area contributed by atoms with Crippen LogP contribution in [0.15, 0.2) is 22.6 Å². The number of ether oxygens (including phenoxy) is 2. The van der Waals surface area contributed by atoms with E-state index in [9.17, 15) is 9.90 Å². The smallest absolute Gasteiger partial charge is 0.408 e. The SMILES string of the molecule is CCCOc1ccc2oc(N3CCC(OC[C@H](C)N(C(=O)O)C(C)(C)C)CC3)nc2c1. The van der Waals surface area contributed by atoms with Crippen LogP contribution < -0.4 is 9.64 Å². The third kappa shape index (κ3) is 5.81. The Morgan fingerprint density at radius 3 is 2.68 bits per heavy atom. The van der Waals surface area contributed by atoms with Gasteiger partial charge in [0.05, 0.1) is 25.4 Å². The Morgan fingerprint density at radius 1 is 1.35 bits per heavy atom. The molecule has 0 aliphatic carbocycles. The molecule has 2 aromatic rings. The maximum Gasteiger partial charge on any atom is 0.408 e. The largest absolute Gasteiger partial charge is 0.494 e. The minimum absolute atomic E-state index is 0.104. The average molecular weight is 434 g/mol. The van der Waals surface area contributed by atoms with Gasteiger partial charge in [-0.25, -0.2) is 4.79 Å². The van der Waals surface area contributed by atoms with Crippen molar-refractivity contribution in [2.45, 2.75) is 71.6 Å². The van der Waals surface area contributed by atoms with Crippen molar-refractivity contribution in [3.63, 3.8) is 0 Å². The first-order valence-corrected chi connectivity index (χ1v) is 11.1. The van der Waals surface area contributed by atoms with Crippen molar-refractivity contribution in [3.05, 3.63) is 18.2 Å². The van der Waals surface area contributed by atoms with Gasteiger partial charge in [-0.2, -0.15) is 4.98 Å². The highest BCUT2D eigenvalue weighted by atomic mass is 16.5.